The number of fused-ring (bicyclic) bond motifs is 3. The molecule has 2 aromatic carbocycles. The Morgan fingerprint density at radius 3 is 2.00 bits per heavy atom. The summed E-state index contributed by atoms with van der Waals surface area (Å²) < 4.78 is 5.12. The number of rotatable bonds is 3. The summed E-state index contributed by atoms with van der Waals surface area (Å²) in [4.78, 5) is 5.42. The van der Waals surface area contributed by atoms with Crippen molar-refractivity contribution in [3.8, 4) is 11.1 Å². The maximum Gasteiger partial charge on any atom is 0.145 e. The zero-order valence-electron chi connectivity index (χ0n) is 10.4. The van der Waals surface area contributed by atoms with E-state index in [1.165, 1.54) is 11.1 Å². The molecule has 0 spiro atoms. The second-order valence-electron chi connectivity index (χ2n) is 4.78. The highest BCUT2D eigenvalue weighted by Gasteiger charge is 2.26. The van der Waals surface area contributed by atoms with Crippen molar-refractivity contribution >= 4 is 5.71 Å². The van der Waals surface area contributed by atoms with Gasteiger partial charge in [-0.2, -0.15) is 0 Å². The van der Waals surface area contributed by atoms with Crippen molar-refractivity contribution < 1.29 is 9.57 Å². The van der Waals surface area contributed by atoms with Crippen LogP contribution in [0.15, 0.2) is 53.7 Å². The maximum atomic E-state index is 5.42. The van der Waals surface area contributed by atoms with E-state index in [0.29, 0.717) is 6.61 Å². The minimum Gasteiger partial charge on any atom is -0.392 e. The highest BCUT2D eigenvalue weighted by atomic mass is 16.7. The number of ether oxygens (including phenoxy) is 1. The number of oxime groups is 1. The molecule has 1 atom stereocenters. The van der Waals surface area contributed by atoms with Gasteiger partial charge in [-0.05, 0) is 11.1 Å². The Labute approximate surface area is 111 Å². The van der Waals surface area contributed by atoms with E-state index in [4.69, 9.17) is 9.57 Å². The lowest BCUT2D eigenvalue weighted by Gasteiger charge is -2.01. The first-order chi connectivity index (χ1) is 9.43. The van der Waals surface area contributed by atoms with Crippen LogP contribution in [0.2, 0.25) is 0 Å². The minimum absolute atomic E-state index is 0.233. The summed E-state index contributed by atoms with van der Waals surface area (Å²) >= 11 is 0. The van der Waals surface area contributed by atoms with E-state index in [1.807, 2.05) is 12.1 Å². The van der Waals surface area contributed by atoms with Gasteiger partial charge in [0.05, 0.1) is 6.61 Å². The monoisotopic (exact) mass is 251 g/mol. The van der Waals surface area contributed by atoms with Crippen molar-refractivity contribution in [3.63, 3.8) is 0 Å². The second-order valence-corrected chi connectivity index (χ2v) is 4.78. The number of epoxide rings is 1. The average molecular weight is 251 g/mol. The van der Waals surface area contributed by atoms with Gasteiger partial charge in [-0.3, -0.25) is 0 Å². The highest BCUT2D eigenvalue weighted by molar-refractivity contribution is 6.24. The molecule has 0 aromatic heterocycles. The fraction of sp³-hybridized carbons (Fsp3) is 0.188. The first-order valence-electron chi connectivity index (χ1n) is 6.44. The van der Waals surface area contributed by atoms with Crippen molar-refractivity contribution in [1.29, 1.82) is 0 Å². The molecule has 0 amide bonds. The van der Waals surface area contributed by atoms with E-state index >= 15 is 0 Å². The van der Waals surface area contributed by atoms with Gasteiger partial charge in [-0.15, -0.1) is 0 Å². The Morgan fingerprint density at radius 1 is 0.947 bits per heavy atom. The molecule has 3 nitrogen and oxygen atoms in total. The smallest absolute Gasteiger partial charge is 0.145 e. The quantitative estimate of drug-likeness (QED) is 0.530. The zero-order chi connectivity index (χ0) is 12.7. The lowest BCUT2D eigenvalue weighted by Crippen LogP contribution is -2.03. The third-order valence-electron chi connectivity index (χ3n) is 3.47. The number of hydrogen-bond donors (Lipinski definition) is 0. The Bertz CT molecular complexity index is 612. The molecular formula is C16H13NO2. The third kappa shape index (κ3) is 1.83. The first-order valence-corrected chi connectivity index (χ1v) is 6.44. The van der Waals surface area contributed by atoms with Crippen LogP contribution in [0.5, 0.6) is 0 Å². The van der Waals surface area contributed by atoms with E-state index in [9.17, 15) is 0 Å². The number of hydrogen-bond acceptors (Lipinski definition) is 3. The van der Waals surface area contributed by atoms with Gasteiger partial charge in [0.1, 0.15) is 18.4 Å². The van der Waals surface area contributed by atoms with E-state index in [1.54, 1.807) is 0 Å². The van der Waals surface area contributed by atoms with Gasteiger partial charge in [-0.1, -0.05) is 53.7 Å². The van der Waals surface area contributed by atoms with Crippen molar-refractivity contribution in [2.45, 2.75) is 6.10 Å². The third-order valence-corrected chi connectivity index (χ3v) is 3.47. The predicted octanol–water partition coefficient (Wildman–Crippen LogP) is 2.83. The Kier molecular flexibility index (Phi) is 2.38. The molecule has 0 saturated carbocycles. The van der Waals surface area contributed by atoms with Gasteiger partial charge >= 0.3 is 0 Å². The molecule has 0 N–H and O–H groups in total. The van der Waals surface area contributed by atoms with E-state index < -0.39 is 0 Å². The van der Waals surface area contributed by atoms with Gasteiger partial charge in [-0.25, -0.2) is 0 Å². The van der Waals surface area contributed by atoms with E-state index in [0.717, 1.165) is 23.4 Å². The first kappa shape index (κ1) is 10.8. The van der Waals surface area contributed by atoms with Gasteiger partial charge in [0.2, 0.25) is 0 Å². The van der Waals surface area contributed by atoms with Crippen LogP contribution in [0, 0.1) is 0 Å². The Balaban J connectivity index is 1.76. The molecule has 1 fully saturated rings. The molecule has 1 saturated heterocycles. The molecular weight excluding hydrogens is 238 g/mol. The summed E-state index contributed by atoms with van der Waals surface area (Å²) in [5, 5.41) is 4.32. The average Bonchev–Trinajstić information content (AvgIpc) is 3.23. The fourth-order valence-corrected chi connectivity index (χ4v) is 2.44. The standard InChI is InChI=1S/C16H13NO2/c1-3-7-14-12(5-1)13-6-2-4-8-15(13)16(14)17-19-10-11-9-18-11/h1-8,11H,9-10H2. The Hall–Kier alpha value is -2.13. The van der Waals surface area contributed by atoms with Gasteiger partial charge < -0.3 is 9.57 Å². The molecule has 3 heteroatoms. The van der Waals surface area contributed by atoms with Crippen LogP contribution < -0.4 is 0 Å². The molecule has 94 valence electrons. The Morgan fingerprint density at radius 2 is 1.47 bits per heavy atom. The van der Waals surface area contributed by atoms with Crippen LogP contribution in [0.3, 0.4) is 0 Å². The van der Waals surface area contributed by atoms with Crippen LogP contribution >= 0.6 is 0 Å². The SMILES string of the molecule is c1ccc2c(c1)C(=NOCC1CO1)c1ccccc1-2. The molecule has 2 aromatic rings. The van der Waals surface area contributed by atoms with Crippen LogP contribution in [-0.2, 0) is 9.57 Å². The van der Waals surface area contributed by atoms with Crippen molar-refractivity contribution in [2.24, 2.45) is 5.16 Å². The van der Waals surface area contributed by atoms with Gasteiger partial charge in [0.15, 0.2) is 0 Å². The summed E-state index contributed by atoms with van der Waals surface area (Å²) in [5.41, 5.74) is 5.65. The van der Waals surface area contributed by atoms with Crippen LogP contribution in [-0.4, -0.2) is 25.0 Å². The number of benzene rings is 2. The molecule has 1 aliphatic carbocycles. The normalized spacial score (nSPS) is 18.7. The fourth-order valence-electron chi connectivity index (χ4n) is 2.44. The molecule has 0 bridgehead atoms. The lowest BCUT2D eigenvalue weighted by atomic mass is 10.1. The molecule has 19 heavy (non-hydrogen) atoms. The van der Waals surface area contributed by atoms with Gasteiger partial charge in [0.25, 0.3) is 0 Å². The van der Waals surface area contributed by atoms with E-state index in [-0.39, 0.29) is 6.10 Å². The molecule has 4 rings (SSSR count). The van der Waals surface area contributed by atoms with Crippen molar-refractivity contribution in [1.82, 2.24) is 0 Å². The predicted molar refractivity (Wildman–Crippen MR) is 73.2 cm³/mol. The second kappa shape index (κ2) is 4.21. The van der Waals surface area contributed by atoms with Crippen LogP contribution in [0.1, 0.15) is 11.1 Å². The molecule has 1 unspecified atom stereocenters. The minimum atomic E-state index is 0.233. The summed E-state index contributed by atoms with van der Waals surface area (Å²) in [6.07, 6.45) is 0.233. The van der Waals surface area contributed by atoms with Crippen molar-refractivity contribution in [3.05, 3.63) is 59.7 Å². The van der Waals surface area contributed by atoms with Crippen LogP contribution in [0.25, 0.3) is 11.1 Å². The van der Waals surface area contributed by atoms with Crippen LogP contribution in [0.4, 0.5) is 0 Å². The van der Waals surface area contributed by atoms with Crippen molar-refractivity contribution in [2.75, 3.05) is 13.2 Å². The number of nitrogens with zero attached hydrogens (tertiary/aromatic N) is 1. The molecule has 1 heterocycles. The molecule has 2 aliphatic rings. The highest BCUT2D eigenvalue weighted by Crippen LogP contribution is 2.36. The molecule has 1 aliphatic heterocycles. The largest absolute Gasteiger partial charge is 0.392 e. The summed E-state index contributed by atoms with van der Waals surface area (Å²) in [7, 11) is 0. The maximum absolute atomic E-state index is 5.42. The topological polar surface area (TPSA) is 34.1 Å². The lowest BCUT2D eigenvalue weighted by molar-refractivity contribution is 0.125. The van der Waals surface area contributed by atoms with Gasteiger partial charge in [0, 0.05) is 11.1 Å². The summed E-state index contributed by atoms with van der Waals surface area (Å²) in [6, 6.07) is 16.6. The van der Waals surface area contributed by atoms with E-state index in [2.05, 4.69) is 41.6 Å². The summed E-state index contributed by atoms with van der Waals surface area (Å²) in [6.45, 7) is 1.33. The summed E-state index contributed by atoms with van der Waals surface area (Å²) in [5.74, 6) is 0. The zero-order valence-corrected chi connectivity index (χ0v) is 10.4. The molecule has 0 radical (unpaired) electrons.